The van der Waals surface area contributed by atoms with E-state index in [2.05, 4.69) is 11.1 Å². The predicted molar refractivity (Wildman–Crippen MR) is 81.7 cm³/mol. The Morgan fingerprint density at radius 1 is 1.29 bits per heavy atom. The SMILES string of the molecule is CN(Cc1cccc(C#N)c1)c1nc2ccc(N)cc2o1. The molecule has 0 saturated heterocycles. The lowest BCUT2D eigenvalue weighted by atomic mass is 10.1. The number of rotatable bonds is 3. The zero-order valence-electron chi connectivity index (χ0n) is 11.6. The third-order valence-corrected chi connectivity index (χ3v) is 3.20. The van der Waals surface area contributed by atoms with Crippen LogP contribution in [-0.4, -0.2) is 12.0 Å². The maximum atomic E-state index is 8.93. The van der Waals surface area contributed by atoms with E-state index < -0.39 is 0 Å². The molecule has 0 aliphatic carbocycles. The molecule has 3 rings (SSSR count). The lowest BCUT2D eigenvalue weighted by molar-refractivity contribution is 0.582. The average molecular weight is 278 g/mol. The molecule has 3 aromatic rings. The van der Waals surface area contributed by atoms with E-state index in [1.807, 2.05) is 36.2 Å². The van der Waals surface area contributed by atoms with Gasteiger partial charge in [-0.2, -0.15) is 10.2 Å². The van der Waals surface area contributed by atoms with Gasteiger partial charge in [-0.25, -0.2) is 0 Å². The topological polar surface area (TPSA) is 79.1 Å². The number of hydrogen-bond acceptors (Lipinski definition) is 5. The number of hydrogen-bond donors (Lipinski definition) is 1. The van der Waals surface area contributed by atoms with Gasteiger partial charge in [0.05, 0.1) is 11.6 Å². The lowest BCUT2D eigenvalue weighted by Gasteiger charge is -2.14. The molecule has 21 heavy (non-hydrogen) atoms. The summed E-state index contributed by atoms with van der Waals surface area (Å²) in [5.41, 5.74) is 9.50. The minimum atomic E-state index is 0.526. The number of nitrogen functional groups attached to an aromatic ring is 1. The highest BCUT2D eigenvalue weighted by atomic mass is 16.4. The second-order valence-corrected chi connectivity index (χ2v) is 4.89. The molecule has 0 unspecified atom stereocenters. The predicted octanol–water partition coefficient (Wildman–Crippen LogP) is 2.92. The number of aromatic nitrogens is 1. The van der Waals surface area contributed by atoms with Crippen molar-refractivity contribution < 1.29 is 4.42 Å². The first-order valence-corrected chi connectivity index (χ1v) is 6.52. The van der Waals surface area contributed by atoms with Crippen molar-refractivity contribution in [2.75, 3.05) is 17.7 Å². The zero-order chi connectivity index (χ0) is 14.8. The van der Waals surface area contributed by atoms with Crippen molar-refractivity contribution in [1.82, 2.24) is 4.98 Å². The number of nitrogens with two attached hydrogens (primary N) is 1. The number of oxazole rings is 1. The summed E-state index contributed by atoms with van der Waals surface area (Å²) in [6.45, 7) is 0.609. The van der Waals surface area contributed by atoms with Crippen LogP contribution in [0.2, 0.25) is 0 Å². The van der Waals surface area contributed by atoms with Gasteiger partial charge in [-0.15, -0.1) is 0 Å². The largest absolute Gasteiger partial charge is 0.423 e. The van der Waals surface area contributed by atoms with Crippen LogP contribution >= 0.6 is 0 Å². The van der Waals surface area contributed by atoms with E-state index in [0.29, 0.717) is 29.4 Å². The molecule has 0 amide bonds. The molecule has 0 atom stereocenters. The molecule has 5 heteroatoms. The Morgan fingerprint density at radius 3 is 2.95 bits per heavy atom. The number of fused-ring (bicyclic) bond motifs is 1. The molecular formula is C16H14N4O. The minimum absolute atomic E-state index is 0.526. The molecule has 2 aromatic carbocycles. The fraction of sp³-hybridized carbons (Fsp3) is 0.125. The third-order valence-electron chi connectivity index (χ3n) is 3.20. The fourth-order valence-corrected chi connectivity index (χ4v) is 2.17. The van der Waals surface area contributed by atoms with E-state index in [1.165, 1.54) is 0 Å². The van der Waals surface area contributed by atoms with E-state index in [1.54, 1.807) is 18.2 Å². The van der Waals surface area contributed by atoms with Gasteiger partial charge >= 0.3 is 0 Å². The van der Waals surface area contributed by atoms with E-state index in [0.717, 1.165) is 11.1 Å². The van der Waals surface area contributed by atoms with Crippen LogP contribution in [-0.2, 0) is 6.54 Å². The second-order valence-electron chi connectivity index (χ2n) is 4.89. The maximum Gasteiger partial charge on any atom is 0.298 e. The van der Waals surface area contributed by atoms with Gasteiger partial charge in [0.1, 0.15) is 5.52 Å². The van der Waals surface area contributed by atoms with Gasteiger partial charge in [-0.1, -0.05) is 12.1 Å². The fourth-order valence-electron chi connectivity index (χ4n) is 2.17. The van der Waals surface area contributed by atoms with Crippen molar-refractivity contribution in [1.29, 1.82) is 5.26 Å². The van der Waals surface area contributed by atoms with Gasteiger partial charge in [0, 0.05) is 25.3 Å². The quantitative estimate of drug-likeness (QED) is 0.745. The van der Waals surface area contributed by atoms with Crippen LogP contribution in [0.1, 0.15) is 11.1 Å². The van der Waals surface area contributed by atoms with Crippen LogP contribution in [0.4, 0.5) is 11.7 Å². The second kappa shape index (κ2) is 5.17. The van der Waals surface area contributed by atoms with Crippen LogP contribution in [0.3, 0.4) is 0 Å². The number of nitrogens with zero attached hydrogens (tertiary/aromatic N) is 3. The molecular weight excluding hydrogens is 264 g/mol. The van der Waals surface area contributed by atoms with E-state index in [9.17, 15) is 0 Å². The third kappa shape index (κ3) is 2.65. The van der Waals surface area contributed by atoms with Gasteiger partial charge in [0.2, 0.25) is 0 Å². The minimum Gasteiger partial charge on any atom is -0.423 e. The Morgan fingerprint density at radius 2 is 2.14 bits per heavy atom. The molecule has 1 aromatic heterocycles. The Kier molecular flexibility index (Phi) is 3.20. The van der Waals surface area contributed by atoms with Crippen LogP contribution in [0.15, 0.2) is 46.9 Å². The first-order valence-electron chi connectivity index (χ1n) is 6.52. The maximum absolute atomic E-state index is 8.93. The van der Waals surface area contributed by atoms with Crippen molar-refractivity contribution in [3.8, 4) is 6.07 Å². The molecule has 0 saturated carbocycles. The monoisotopic (exact) mass is 278 g/mol. The van der Waals surface area contributed by atoms with Crippen LogP contribution in [0.25, 0.3) is 11.1 Å². The highest BCUT2D eigenvalue weighted by Gasteiger charge is 2.11. The molecule has 0 fully saturated rings. The Bertz CT molecular complexity index is 832. The summed E-state index contributed by atoms with van der Waals surface area (Å²) in [4.78, 5) is 6.33. The molecule has 0 aliphatic rings. The summed E-state index contributed by atoms with van der Waals surface area (Å²) >= 11 is 0. The first kappa shape index (κ1) is 13.0. The zero-order valence-corrected chi connectivity index (χ0v) is 11.6. The molecule has 5 nitrogen and oxygen atoms in total. The average Bonchev–Trinajstić information content (AvgIpc) is 2.90. The smallest absolute Gasteiger partial charge is 0.298 e. The normalized spacial score (nSPS) is 10.5. The molecule has 0 aliphatic heterocycles. The van der Waals surface area contributed by atoms with Crippen molar-refractivity contribution in [2.24, 2.45) is 0 Å². The van der Waals surface area contributed by atoms with E-state index >= 15 is 0 Å². The molecule has 0 spiro atoms. The summed E-state index contributed by atoms with van der Waals surface area (Å²) in [5.74, 6) is 0. The Balaban J connectivity index is 1.86. The Hall–Kier alpha value is -3.00. The van der Waals surface area contributed by atoms with E-state index in [4.69, 9.17) is 15.4 Å². The molecule has 0 bridgehead atoms. The van der Waals surface area contributed by atoms with Crippen LogP contribution < -0.4 is 10.6 Å². The summed E-state index contributed by atoms with van der Waals surface area (Å²) in [7, 11) is 1.90. The summed E-state index contributed by atoms with van der Waals surface area (Å²) < 4.78 is 5.71. The first-order chi connectivity index (χ1) is 10.2. The van der Waals surface area contributed by atoms with Gasteiger partial charge in [0.25, 0.3) is 6.01 Å². The molecule has 0 radical (unpaired) electrons. The van der Waals surface area contributed by atoms with Crippen molar-refractivity contribution in [3.63, 3.8) is 0 Å². The van der Waals surface area contributed by atoms with Crippen LogP contribution in [0.5, 0.6) is 0 Å². The van der Waals surface area contributed by atoms with Gasteiger partial charge < -0.3 is 15.1 Å². The number of nitriles is 1. The van der Waals surface area contributed by atoms with Crippen molar-refractivity contribution in [2.45, 2.75) is 6.54 Å². The van der Waals surface area contributed by atoms with Gasteiger partial charge in [0.15, 0.2) is 5.58 Å². The summed E-state index contributed by atoms with van der Waals surface area (Å²) in [6, 6.07) is 15.5. The lowest BCUT2D eigenvalue weighted by Crippen LogP contribution is -2.16. The van der Waals surface area contributed by atoms with Crippen LogP contribution in [0, 0.1) is 11.3 Å². The summed E-state index contributed by atoms with van der Waals surface area (Å²) in [5, 5.41) is 8.93. The van der Waals surface area contributed by atoms with Crippen molar-refractivity contribution >= 4 is 22.8 Å². The highest BCUT2D eigenvalue weighted by Crippen LogP contribution is 2.24. The standard InChI is InChI=1S/C16H14N4O/c1-20(10-12-4-2-3-11(7-12)9-17)16-19-14-6-5-13(18)8-15(14)21-16/h2-8H,10,18H2,1H3. The number of anilines is 2. The van der Waals surface area contributed by atoms with Crippen molar-refractivity contribution in [3.05, 3.63) is 53.6 Å². The summed E-state index contributed by atoms with van der Waals surface area (Å²) in [6.07, 6.45) is 0. The van der Waals surface area contributed by atoms with E-state index in [-0.39, 0.29) is 0 Å². The highest BCUT2D eigenvalue weighted by molar-refractivity contribution is 5.78. The number of benzene rings is 2. The van der Waals surface area contributed by atoms with Gasteiger partial charge in [-0.05, 0) is 29.8 Å². The molecule has 104 valence electrons. The molecule has 1 heterocycles. The Labute approximate surface area is 122 Å². The van der Waals surface area contributed by atoms with Gasteiger partial charge in [-0.3, -0.25) is 0 Å². The molecule has 2 N–H and O–H groups in total.